The highest BCUT2D eigenvalue weighted by Crippen LogP contribution is 2.61. The highest BCUT2D eigenvalue weighted by Gasteiger charge is 2.60. The van der Waals surface area contributed by atoms with Gasteiger partial charge in [0.15, 0.2) is 0 Å². The molecule has 0 amide bonds. The number of alkyl halides is 8. The summed E-state index contributed by atoms with van der Waals surface area (Å²) in [5.41, 5.74) is 1.68. The van der Waals surface area contributed by atoms with Crippen LogP contribution < -0.4 is 0 Å². The predicted molar refractivity (Wildman–Crippen MR) is 142 cm³/mol. The van der Waals surface area contributed by atoms with E-state index in [4.69, 9.17) is 0 Å². The van der Waals surface area contributed by atoms with Gasteiger partial charge in [-0.15, -0.1) is 0 Å². The topological polar surface area (TPSA) is 30.2 Å². The second kappa shape index (κ2) is 6.87. The molecule has 43 heavy (non-hydrogen) atoms. The molecule has 216 valence electrons. The minimum absolute atomic E-state index is 0.0404. The number of hydrogen-bond donors (Lipinski definition) is 0. The Balaban J connectivity index is 1.54. The van der Waals surface area contributed by atoms with Gasteiger partial charge in [-0.05, 0) is 59.1 Å². The monoisotopic (exact) mass is 595 g/mol. The highest BCUT2D eigenvalue weighted by molar-refractivity contribution is 6.28. The summed E-state index contributed by atoms with van der Waals surface area (Å²) < 4.78 is 124. The van der Waals surface area contributed by atoms with Gasteiger partial charge >= 0.3 is 0 Å². The second-order valence-electron chi connectivity index (χ2n) is 12.4. The van der Waals surface area contributed by atoms with Crippen LogP contribution in [0.15, 0.2) is 30.6 Å². The van der Waals surface area contributed by atoms with Crippen molar-refractivity contribution in [3.63, 3.8) is 0 Å². The lowest BCUT2D eigenvalue weighted by molar-refractivity contribution is -0.0943. The summed E-state index contributed by atoms with van der Waals surface area (Å²) in [4.78, 5) is 7.64. The lowest BCUT2D eigenvalue weighted by Crippen LogP contribution is -2.15. The standard InChI is InChI=1S/C32H17F8N3/c33-29(34)10-31(37,38)27-24(29)22-16(8-41-27)43-17-9-42-28-25(30(35,36)11-32(28,39)40)23(17)21-15-7-5-13-3-1-2-12-4-6-14(19(15)18(12)13)20(22)26(21)43/h1-3,8-9H,4-7,10-11H2. The fraction of sp³-hybridized carbons (Fsp3) is 0.312. The Kier molecular flexibility index (Phi) is 3.90. The van der Waals surface area contributed by atoms with E-state index in [0.29, 0.717) is 42.3 Å². The lowest BCUT2D eigenvalue weighted by Gasteiger charge is -2.31. The van der Waals surface area contributed by atoms with Crippen molar-refractivity contribution in [1.82, 2.24) is 14.4 Å². The summed E-state index contributed by atoms with van der Waals surface area (Å²) in [7, 11) is 0. The third-order valence-corrected chi connectivity index (χ3v) is 10.1. The van der Waals surface area contributed by atoms with Crippen molar-refractivity contribution in [2.24, 2.45) is 0 Å². The Labute approximate surface area is 236 Å². The molecule has 4 heterocycles. The summed E-state index contributed by atoms with van der Waals surface area (Å²) in [6.45, 7) is 0. The number of nitrogens with zero attached hydrogens (tertiary/aromatic N) is 3. The number of aryl methyl sites for hydroxylation is 4. The molecule has 0 N–H and O–H groups in total. The third-order valence-electron chi connectivity index (χ3n) is 10.1. The molecule has 3 nitrogen and oxygen atoms in total. The minimum atomic E-state index is -3.90. The maximum Gasteiger partial charge on any atom is 0.296 e. The zero-order chi connectivity index (χ0) is 29.6. The molecule has 0 atom stereocenters. The van der Waals surface area contributed by atoms with Crippen molar-refractivity contribution in [2.75, 3.05) is 0 Å². The Morgan fingerprint density at radius 1 is 0.558 bits per heavy atom. The Morgan fingerprint density at radius 3 is 1.49 bits per heavy atom. The van der Waals surface area contributed by atoms with Crippen LogP contribution in [0, 0.1) is 0 Å². The molecule has 10 rings (SSSR count). The molecule has 0 saturated carbocycles. The van der Waals surface area contributed by atoms with Gasteiger partial charge < -0.3 is 4.40 Å². The van der Waals surface area contributed by atoms with E-state index < -0.39 is 59.0 Å². The van der Waals surface area contributed by atoms with Gasteiger partial charge in [0.2, 0.25) is 0 Å². The first-order valence-electron chi connectivity index (χ1n) is 14.0. The molecule has 0 spiro atoms. The van der Waals surface area contributed by atoms with Crippen LogP contribution in [0.5, 0.6) is 0 Å². The van der Waals surface area contributed by atoms with E-state index in [9.17, 15) is 17.6 Å². The molecule has 0 bridgehead atoms. The lowest BCUT2D eigenvalue weighted by atomic mass is 9.73. The summed E-state index contributed by atoms with van der Waals surface area (Å²) in [5, 5.41) is 0.382. The van der Waals surface area contributed by atoms with Gasteiger partial charge in [-0.1, -0.05) is 18.2 Å². The number of rotatable bonds is 0. The van der Waals surface area contributed by atoms with Gasteiger partial charge in [-0.2, -0.15) is 17.6 Å². The van der Waals surface area contributed by atoms with Crippen molar-refractivity contribution in [3.05, 3.63) is 75.4 Å². The van der Waals surface area contributed by atoms with Crippen molar-refractivity contribution in [2.45, 2.75) is 62.2 Å². The maximum absolute atomic E-state index is 15.6. The van der Waals surface area contributed by atoms with Crippen LogP contribution in [-0.4, -0.2) is 14.4 Å². The first-order valence-corrected chi connectivity index (χ1v) is 14.0. The molecule has 4 aliphatic carbocycles. The van der Waals surface area contributed by atoms with Crippen LogP contribution >= 0.6 is 0 Å². The Morgan fingerprint density at radius 2 is 1.02 bits per heavy atom. The summed E-state index contributed by atoms with van der Waals surface area (Å²) in [5.74, 6) is -15.5. The molecule has 11 heteroatoms. The third kappa shape index (κ3) is 2.58. The second-order valence-corrected chi connectivity index (χ2v) is 12.4. The van der Waals surface area contributed by atoms with E-state index >= 15 is 17.6 Å². The van der Waals surface area contributed by atoms with Crippen molar-refractivity contribution < 1.29 is 35.1 Å². The first kappa shape index (κ1) is 24.4. The molecule has 4 aromatic heterocycles. The van der Waals surface area contributed by atoms with Gasteiger partial charge in [-0.3, -0.25) is 9.97 Å². The van der Waals surface area contributed by atoms with E-state index in [1.165, 1.54) is 4.40 Å². The van der Waals surface area contributed by atoms with Crippen LogP contribution in [-0.2, 0) is 49.4 Å². The molecule has 4 aliphatic rings. The first-order chi connectivity index (χ1) is 20.3. The minimum Gasteiger partial charge on any atom is -0.305 e. The van der Waals surface area contributed by atoms with E-state index in [0.717, 1.165) is 34.6 Å². The zero-order valence-corrected chi connectivity index (χ0v) is 22.0. The average Bonchev–Trinajstić information content (AvgIpc) is 3.57. The fourth-order valence-corrected chi connectivity index (χ4v) is 8.70. The smallest absolute Gasteiger partial charge is 0.296 e. The largest absolute Gasteiger partial charge is 0.305 e. The van der Waals surface area contributed by atoms with Crippen LogP contribution in [0.25, 0.3) is 49.2 Å². The SMILES string of the molecule is FC1(F)CC(F)(F)c2c1ncc1c2c2c3c4c(c5c6c7c(ncc6n1c25)C(F)(F)CC7(F)F)CCc1cccc(c1-4)CC3. The van der Waals surface area contributed by atoms with Crippen LogP contribution in [0.2, 0.25) is 0 Å². The molecule has 0 fully saturated rings. The fourth-order valence-electron chi connectivity index (χ4n) is 8.70. The molecular weight excluding hydrogens is 578 g/mol. The van der Waals surface area contributed by atoms with Crippen LogP contribution in [0.4, 0.5) is 35.1 Å². The molecular formula is C32H17F8N3. The van der Waals surface area contributed by atoms with Crippen molar-refractivity contribution in [1.29, 1.82) is 0 Å². The number of aromatic nitrogens is 3. The summed E-state index contributed by atoms with van der Waals surface area (Å²) in [6, 6.07) is 5.86. The quantitative estimate of drug-likeness (QED) is 0.165. The molecule has 6 aromatic rings. The predicted octanol–water partition coefficient (Wildman–Crippen LogP) is 8.67. The van der Waals surface area contributed by atoms with Crippen molar-refractivity contribution in [3.8, 4) is 11.1 Å². The Bertz CT molecular complexity index is 2160. The molecule has 0 saturated heterocycles. The molecule has 0 aliphatic heterocycles. The Hall–Kier alpha value is -4.02. The average molecular weight is 595 g/mol. The maximum atomic E-state index is 15.6. The number of fused-ring (bicyclic) bond motifs is 12. The molecule has 0 unspecified atom stereocenters. The summed E-state index contributed by atoms with van der Waals surface area (Å²) in [6.07, 6.45) is 0.688. The highest BCUT2D eigenvalue weighted by atomic mass is 19.3. The normalized spacial score (nSPS) is 21.7. The van der Waals surface area contributed by atoms with E-state index in [2.05, 4.69) is 9.97 Å². The van der Waals surface area contributed by atoms with E-state index in [1.807, 2.05) is 18.2 Å². The number of hydrogen-bond acceptors (Lipinski definition) is 2. The zero-order valence-electron chi connectivity index (χ0n) is 22.0. The van der Waals surface area contributed by atoms with Gasteiger partial charge in [0.25, 0.3) is 23.7 Å². The van der Waals surface area contributed by atoms with Gasteiger partial charge in [-0.25, -0.2) is 17.6 Å². The van der Waals surface area contributed by atoms with Gasteiger partial charge in [0.05, 0.1) is 52.9 Å². The molecule has 2 aromatic carbocycles. The number of pyridine rings is 2. The summed E-state index contributed by atoms with van der Waals surface area (Å²) >= 11 is 0. The number of halogens is 8. The van der Waals surface area contributed by atoms with E-state index in [1.54, 1.807) is 0 Å². The van der Waals surface area contributed by atoms with Gasteiger partial charge in [0.1, 0.15) is 11.4 Å². The number of benzene rings is 2. The van der Waals surface area contributed by atoms with Gasteiger partial charge in [0, 0.05) is 21.5 Å². The van der Waals surface area contributed by atoms with Crippen LogP contribution in [0.1, 0.15) is 57.6 Å². The van der Waals surface area contributed by atoms with Crippen LogP contribution in [0.3, 0.4) is 0 Å². The molecule has 0 radical (unpaired) electrons. The van der Waals surface area contributed by atoms with Crippen molar-refractivity contribution >= 4 is 38.1 Å². The van der Waals surface area contributed by atoms with E-state index in [-0.39, 0.29) is 32.6 Å².